The van der Waals surface area contributed by atoms with E-state index in [1.807, 2.05) is 0 Å². The molecule has 0 aromatic heterocycles. The first-order chi connectivity index (χ1) is 8.62. The van der Waals surface area contributed by atoms with Crippen molar-refractivity contribution < 1.29 is 0 Å². The Hall–Kier alpha value is -0.0900. The molecular weight excluding hydrogens is 333 g/mol. The fourth-order valence-corrected chi connectivity index (χ4v) is 3.34. The van der Waals surface area contributed by atoms with Gasteiger partial charge in [0.2, 0.25) is 0 Å². The van der Waals surface area contributed by atoms with Gasteiger partial charge < -0.3 is 5.32 Å². The smallest absolute Gasteiger partial charge is 0.0244 e. The summed E-state index contributed by atoms with van der Waals surface area (Å²) in [4.78, 5) is 0. The van der Waals surface area contributed by atoms with E-state index >= 15 is 0 Å². The predicted molar refractivity (Wildman–Crippen MR) is 86.9 cm³/mol. The fraction of sp³-hybridized carbons (Fsp3) is 0.625. The Morgan fingerprint density at radius 2 is 1.89 bits per heavy atom. The van der Waals surface area contributed by atoms with E-state index in [2.05, 4.69) is 66.0 Å². The monoisotopic (exact) mass is 357 g/mol. The molecule has 1 aromatic carbocycles. The van der Waals surface area contributed by atoms with E-state index in [1.165, 1.54) is 47.8 Å². The van der Waals surface area contributed by atoms with E-state index in [9.17, 15) is 0 Å². The van der Waals surface area contributed by atoms with Crippen molar-refractivity contribution in [2.24, 2.45) is 5.92 Å². The molecule has 1 N–H and O–H groups in total. The van der Waals surface area contributed by atoms with Crippen molar-refractivity contribution in [3.63, 3.8) is 0 Å². The third-order valence-electron chi connectivity index (χ3n) is 4.31. The molecule has 0 amide bonds. The maximum atomic E-state index is 3.86. The van der Waals surface area contributed by atoms with Gasteiger partial charge in [0.15, 0.2) is 0 Å². The van der Waals surface area contributed by atoms with Gasteiger partial charge in [0.1, 0.15) is 0 Å². The summed E-state index contributed by atoms with van der Waals surface area (Å²) >= 11 is 2.37. The first-order valence-corrected chi connectivity index (χ1v) is 8.20. The van der Waals surface area contributed by atoms with Crippen molar-refractivity contribution in [3.05, 3.63) is 33.4 Å². The molecule has 1 aromatic rings. The van der Waals surface area contributed by atoms with Crippen LogP contribution in [0.25, 0.3) is 0 Å². The van der Waals surface area contributed by atoms with Gasteiger partial charge in [-0.25, -0.2) is 0 Å². The molecule has 1 nitrogen and oxygen atoms in total. The molecule has 1 aliphatic rings. The Balaban J connectivity index is 2.16. The summed E-state index contributed by atoms with van der Waals surface area (Å²) in [7, 11) is 0. The maximum absolute atomic E-state index is 3.86. The average Bonchev–Trinajstić information content (AvgIpc) is 2.59. The van der Waals surface area contributed by atoms with Crippen LogP contribution < -0.4 is 5.32 Å². The van der Waals surface area contributed by atoms with Crippen LogP contribution in [0.2, 0.25) is 0 Å². The van der Waals surface area contributed by atoms with Crippen LogP contribution >= 0.6 is 22.6 Å². The zero-order valence-electron chi connectivity index (χ0n) is 11.5. The van der Waals surface area contributed by atoms with Gasteiger partial charge in [0.05, 0.1) is 0 Å². The van der Waals surface area contributed by atoms with Gasteiger partial charge >= 0.3 is 0 Å². The second-order valence-corrected chi connectivity index (χ2v) is 7.10. The molecule has 1 fully saturated rings. The molecule has 0 spiro atoms. The van der Waals surface area contributed by atoms with Crippen LogP contribution in [0.15, 0.2) is 24.3 Å². The molecule has 0 saturated carbocycles. The Morgan fingerprint density at radius 3 is 2.56 bits per heavy atom. The highest BCUT2D eigenvalue weighted by atomic mass is 127. The minimum atomic E-state index is 0.309. The summed E-state index contributed by atoms with van der Waals surface area (Å²) in [5.41, 5.74) is 1.78. The van der Waals surface area contributed by atoms with Crippen LogP contribution in [-0.4, -0.2) is 12.1 Å². The van der Waals surface area contributed by atoms with E-state index in [4.69, 9.17) is 0 Å². The lowest BCUT2D eigenvalue weighted by atomic mass is 9.77. The molecule has 0 aliphatic carbocycles. The summed E-state index contributed by atoms with van der Waals surface area (Å²) in [6, 6.07) is 9.03. The van der Waals surface area contributed by atoms with Crippen molar-refractivity contribution >= 4 is 22.6 Å². The SMILES string of the molecule is CC(C)C1(Cc2ccc(I)cc2)CCCCCN1. The van der Waals surface area contributed by atoms with Gasteiger partial charge in [-0.05, 0) is 72.0 Å². The first kappa shape index (κ1) is 14.3. The lowest BCUT2D eigenvalue weighted by molar-refractivity contribution is 0.226. The van der Waals surface area contributed by atoms with E-state index in [0.717, 1.165) is 0 Å². The van der Waals surface area contributed by atoms with Gasteiger partial charge in [0, 0.05) is 9.11 Å². The van der Waals surface area contributed by atoms with Crippen molar-refractivity contribution in [3.8, 4) is 0 Å². The molecule has 1 unspecified atom stereocenters. The first-order valence-electron chi connectivity index (χ1n) is 7.12. The quantitative estimate of drug-likeness (QED) is 0.791. The second-order valence-electron chi connectivity index (χ2n) is 5.85. The molecular formula is C16H24IN. The molecule has 2 heteroatoms. The maximum Gasteiger partial charge on any atom is 0.0244 e. The molecule has 2 rings (SSSR count). The third-order valence-corrected chi connectivity index (χ3v) is 5.03. The van der Waals surface area contributed by atoms with Crippen LogP contribution in [0, 0.1) is 9.49 Å². The minimum Gasteiger partial charge on any atom is -0.311 e. The Morgan fingerprint density at radius 1 is 1.17 bits per heavy atom. The number of halogens is 1. The zero-order chi connectivity index (χ0) is 13.0. The minimum absolute atomic E-state index is 0.309. The van der Waals surface area contributed by atoms with Crippen molar-refractivity contribution in [1.82, 2.24) is 5.32 Å². The third kappa shape index (κ3) is 3.47. The zero-order valence-corrected chi connectivity index (χ0v) is 13.7. The van der Waals surface area contributed by atoms with E-state index in [1.54, 1.807) is 0 Å². The molecule has 1 saturated heterocycles. The van der Waals surface area contributed by atoms with Gasteiger partial charge in [-0.1, -0.05) is 38.8 Å². The fourth-order valence-electron chi connectivity index (χ4n) is 2.98. The summed E-state index contributed by atoms with van der Waals surface area (Å²) in [6.45, 7) is 5.92. The van der Waals surface area contributed by atoms with Crippen LogP contribution in [0.1, 0.15) is 45.1 Å². The summed E-state index contributed by atoms with van der Waals surface area (Å²) in [6.07, 6.45) is 6.57. The number of nitrogens with one attached hydrogen (secondary N) is 1. The Bertz CT molecular complexity index is 361. The van der Waals surface area contributed by atoms with E-state index in [0.29, 0.717) is 11.5 Å². The number of rotatable bonds is 3. The normalized spacial score (nSPS) is 25.1. The van der Waals surface area contributed by atoms with E-state index < -0.39 is 0 Å². The molecule has 1 atom stereocenters. The highest BCUT2D eigenvalue weighted by Gasteiger charge is 2.33. The van der Waals surface area contributed by atoms with Crippen molar-refractivity contribution in [2.45, 2.75) is 51.5 Å². The number of hydrogen-bond acceptors (Lipinski definition) is 1. The van der Waals surface area contributed by atoms with Crippen molar-refractivity contribution in [2.75, 3.05) is 6.54 Å². The van der Waals surface area contributed by atoms with Crippen LogP contribution in [-0.2, 0) is 6.42 Å². The molecule has 100 valence electrons. The lowest BCUT2D eigenvalue weighted by Crippen LogP contribution is -2.50. The van der Waals surface area contributed by atoms with Crippen LogP contribution in [0.5, 0.6) is 0 Å². The highest BCUT2D eigenvalue weighted by Crippen LogP contribution is 2.30. The van der Waals surface area contributed by atoms with Crippen molar-refractivity contribution in [1.29, 1.82) is 0 Å². The Labute approximate surface area is 125 Å². The van der Waals surface area contributed by atoms with Gasteiger partial charge in [-0.3, -0.25) is 0 Å². The highest BCUT2D eigenvalue weighted by molar-refractivity contribution is 14.1. The molecule has 18 heavy (non-hydrogen) atoms. The largest absolute Gasteiger partial charge is 0.311 e. The topological polar surface area (TPSA) is 12.0 Å². The summed E-state index contributed by atoms with van der Waals surface area (Å²) in [5, 5.41) is 3.86. The number of hydrogen-bond donors (Lipinski definition) is 1. The average molecular weight is 357 g/mol. The van der Waals surface area contributed by atoms with Gasteiger partial charge in [-0.2, -0.15) is 0 Å². The number of benzene rings is 1. The summed E-state index contributed by atoms with van der Waals surface area (Å²) < 4.78 is 1.32. The van der Waals surface area contributed by atoms with Crippen LogP contribution in [0.3, 0.4) is 0 Å². The Kier molecular flexibility index (Phi) is 5.07. The molecule has 0 radical (unpaired) electrons. The lowest BCUT2D eigenvalue weighted by Gasteiger charge is -2.38. The summed E-state index contributed by atoms with van der Waals surface area (Å²) in [5.74, 6) is 0.690. The van der Waals surface area contributed by atoms with Crippen LogP contribution in [0.4, 0.5) is 0 Å². The van der Waals surface area contributed by atoms with E-state index in [-0.39, 0.29) is 0 Å². The van der Waals surface area contributed by atoms with Gasteiger partial charge in [-0.15, -0.1) is 0 Å². The molecule has 1 heterocycles. The second kappa shape index (κ2) is 6.38. The molecule has 1 aliphatic heterocycles. The van der Waals surface area contributed by atoms with Gasteiger partial charge in [0.25, 0.3) is 0 Å². The molecule has 0 bridgehead atoms. The predicted octanol–water partition coefficient (Wildman–Crippen LogP) is 4.39. The standard InChI is InChI=1S/C16H24IN/c1-13(2)16(10-4-3-5-11-18-16)12-14-6-8-15(17)9-7-14/h6-9,13,18H,3-5,10-12H2,1-2H3.